The monoisotopic (exact) mass is 245 g/mol. The van der Waals surface area contributed by atoms with Gasteiger partial charge in [-0.25, -0.2) is 0 Å². The molecular weight excluding hydrogens is 230 g/mol. The Morgan fingerprint density at radius 3 is 2.78 bits per heavy atom. The molecule has 0 N–H and O–H groups in total. The van der Waals surface area contributed by atoms with Gasteiger partial charge in [-0.15, -0.1) is 0 Å². The Morgan fingerprint density at radius 1 is 1.28 bits per heavy atom. The number of nitrogens with zero attached hydrogens (tertiary/aromatic N) is 1. The second kappa shape index (κ2) is 5.04. The maximum Gasteiger partial charge on any atom is 0.313 e. The van der Waals surface area contributed by atoms with Crippen molar-refractivity contribution in [3.8, 4) is 0 Å². The van der Waals surface area contributed by atoms with E-state index in [-0.39, 0.29) is 12.2 Å². The van der Waals surface area contributed by atoms with Crippen molar-refractivity contribution >= 4 is 22.7 Å². The first kappa shape index (κ1) is 12.4. The third kappa shape index (κ3) is 2.42. The highest BCUT2D eigenvalue weighted by atomic mass is 16.5. The lowest BCUT2D eigenvalue weighted by atomic mass is 10.1. The summed E-state index contributed by atoms with van der Waals surface area (Å²) in [6.45, 7) is 2.02. The second-order valence-electron chi connectivity index (χ2n) is 4.11. The number of aromatic nitrogens is 1. The molecule has 0 amide bonds. The third-order valence-corrected chi connectivity index (χ3v) is 2.82. The maximum atomic E-state index is 11.9. The first-order valence-corrected chi connectivity index (χ1v) is 5.85. The van der Waals surface area contributed by atoms with Crippen molar-refractivity contribution in [1.82, 2.24) is 4.57 Å². The fraction of sp³-hybridized carbons (Fsp3) is 0.286. The van der Waals surface area contributed by atoms with E-state index < -0.39 is 5.97 Å². The first-order chi connectivity index (χ1) is 8.61. The molecule has 0 atom stereocenters. The molecule has 0 aliphatic carbocycles. The van der Waals surface area contributed by atoms with Gasteiger partial charge in [0.2, 0.25) is 0 Å². The van der Waals surface area contributed by atoms with Gasteiger partial charge in [-0.1, -0.05) is 0 Å². The fourth-order valence-corrected chi connectivity index (χ4v) is 1.90. The van der Waals surface area contributed by atoms with Gasteiger partial charge < -0.3 is 9.30 Å². The zero-order chi connectivity index (χ0) is 13.1. The van der Waals surface area contributed by atoms with Crippen LogP contribution in [0.2, 0.25) is 0 Å². The van der Waals surface area contributed by atoms with Gasteiger partial charge in [0, 0.05) is 29.7 Å². The van der Waals surface area contributed by atoms with Crippen molar-refractivity contribution in [2.24, 2.45) is 7.05 Å². The lowest BCUT2D eigenvalue weighted by Gasteiger charge is -2.02. The Bertz CT molecular complexity index is 598. The number of hydrogen-bond acceptors (Lipinski definition) is 3. The Labute approximate surface area is 105 Å². The van der Waals surface area contributed by atoms with Gasteiger partial charge in [0.05, 0.1) is 6.61 Å². The zero-order valence-corrected chi connectivity index (χ0v) is 10.5. The van der Waals surface area contributed by atoms with Crippen molar-refractivity contribution in [1.29, 1.82) is 0 Å². The molecule has 0 radical (unpaired) electrons. The summed E-state index contributed by atoms with van der Waals surface area (Å²) in [5, 5.41) is 0.993. The van der Waals surface area contributed by atoms with Crippen molar-refractivity contribution in [2.45, 2.75) is 13.3 Å². The van der Waals surface area contributed by atoms with Crippen molar-refractivity contribution in [3.63, 3.8) is 0 Å². The highest BCUT2D eigenvalue weighted by molar-refractivity contribution is 6.07. The lowest BCUT2D eigenvalue weighted by Crippen LogP contribution is -2.11. The number of benzene rings is 1. The van der Waals surface area contributed by atoms with Crippen LogP contribution in [0, 0.1) is 0 Å². The first-order valence-electron chi connectivity index (χ1n) is 5.85. The minimum atomic E-state index is -0.476. The van der Waals surface area contributed by atoms with E-state index in [1.807, 2.05) is 29.9 Å². The number of ether oxygens (including phenoxy) is 1. The van der Waals surface area contributed by atoms with Crippen molar-refractivity contribution in [3.05, 3.63) is 36.0 Å². The zero-order valence-electron chi connectivity index (χ0n) is 10.5. The lowest BCUT2D eigenvalue weighted by molar-refractivity contribution is -0.141. The molecule has 0 fully saturated rings. The molecule has 0 unspecified atom stereocenters. The number of carbonyl (C=O) groups is 2. The molecule has 4 heteroatoms. The third-order valence-electron chi connectivity index (χ3n) is 2.82. The summed E-state index contributed by atoms with van der Waals surface area (Å²) in [7, 11) is 1.95. The number of ketones is 1. The van der Waals surface area contributed by atoms with Gasteiger partial charge in [0.15, 0.2) is 5.78 Å². The number of aryl methyl sites for hydroxylation is 1. The summed E-state index contributed by atoms with van der Waals surface area (Å²) in [5.74, 6) is -0.685. The van der Waals surface area contributed by atoms with E-state index in [4.69, 9.17) is 4.74 Å². The fourth-order valence-electron chi connectivity index (χ4n) is 1.90. The molecule has 0 aliphatic heterocycles. The molecule has 1 heterocycles. The normalized spacial score (nSPS) is 10.6. The predicted octanol–water partition coefficient (Wildman–Crippen LogP) is 2.31. The Kier molecular flexibility index (Phi) is 3.46. The van der Waals surface area contributed by atoms with Crippen LogP contribution in [0.4, 0.5) is 0 Å². The summed E-state index contributed by atoms with van der Waals surface area (Å²) in [6, 6.07) is 7.37. The quantitative estimate of drug-likeness (QED) is 0.472. The SMILES string of the molecule is CCOC(=O)CC(=O)c1ccc2c(ccn2C)c1. The highest BCUT2D eigenvalue weighted by Crippen LogP contribution is 2.17. The van der Waals surface area contributed by atoms with Gasteiger partial charge >= 0.3 is 5.97 Å². The topological polar surface area (TPSA) is 48.3 Å². The van der Waals surface area contributed by atoms with Crippen LogP contribution in [-0.2, 0) is 16.6 Å². The summed E-state index contributed by atoms with van der Waals surface area (Å²) in [6.07, 6.45) is 1.73. The summed E-state index contributed by atoms with van der Waals surface area (Å²) < 4.78 is 6.74. The molecule has 0 saturated heterocycles. The number of fused-ring (bicyclic) bond motifs is 1. The van der Waals surface area contributed by atoms with Gasteiger partial charge in [0.25, 0.3) is 0 Å². The van der Waals surface area contributed by atoms with Crippen LogP contribution >= 0.6 is 0 Å². The largest absolute Gasteiger partial charge is 0.466 e. The van der Waals surface area contributed by atoms with Gasteiger partial charge in [0.1, 0.15) is 6.42 Å². The van der Waals surface area contributed by atoms with Crippen LogP contribution in [0.15, 0.2) is 30.5 Å². The summed E-state index contributed by atoms with van der Waals surface area (Å²) in [5.41, 5.74) is 1.60. The standard InChI is InChI=1S/C14H15NO3/c1-3-18-14(17)9-13(16)11-4-5-12-10(8-11)6-7-15(12)2/h4-8H,3,9H2,1-2H3. The maximum absolute atomic E-state index is 11.9. The van der Waals surface area contributed by atoms with E-state index in [0.29, 0.717) is 12.2 Å². The average Bonchev–Trinajstić information content (AvgIpc) is 2.71. The van der Waals surface area contributed by atoms with Crippen molar-refractivity contribution in [2.75, 3.05) is 6.61 Å². The predicted molar refractivity (Wildman–Crippen MR) is 68.5 cm³/mol. The molecule has 0 aliphatic rings. The number of Topliss-reactive ketones (excluding diaryl/α,β-unsaturated/α-hetero) is 1. The summed E-state index contributed by atoms with van der Waals surface area (Å²) >= 11 is 0. The molecular formula is C14H15NO3. The molecule has 0 bridgehead atoms. The smallest absolute Gasteiger partial charge is 0.313 e. The van der Waals surface area contributed by atoms with Crippen LogP contribution in [-0.4, -0.2) is 22.9 Å². The summed E-state index contributed by atoms with van der Waals surface area (Å²) in [4.78, 5) is 23.1. The Balaban J connectivity index is 2.20. The molecule has 2 aromatic rings. The van der Waals surface area contributed by atoms with E-state index in [1.54, 1.807) is 19.1 Å². The van der Waals surface area contributed by atoms with E-state index in [2.05, 4.69) is 0 Å². The molecule has 0 saturated carbocycles. The Morgan fingerprint density at radius 2 is 2.06 bits per heavy atom. The van der Waals surface area contributed by atoms with Crippen LogP contribution < -0.4 is 0 Å². The van der Waals surface area contributed by atoms with Gasteiger partial charge in [-0.05, 0) is 31.2 Å². The molecule has 18 heavy (non-hydrogen) atoms. The van der Waals surface area contributed by atoms with E-state index in [9.17, 15) is 9.59 Å². The molecule has 1 aromatic carbocycles. The van der Waals surface area contributed by atoms with E-state index in [1.165, 1.54) is 0 Å². The number of esters is 1. The van der Waals surface area contributed by atoms with Crippen LogP contribution in [0.3, 0.4) is 0 Å². The van der Waals surface area contributed by atoms with Gasteiger partial charge in [-0.3, -0.25) is 9.59 Å². The molecule has 2 rings (SSSR count). The second-order valence-corrected chi connectivity index (χ2v) is 4.11. The van der Waals surface area contributed by atoms with Crippen molar-refractivity contribution < 1.29 is 14.3 Å². The van der Waals surface area contributed by atoms with E-state index >= 15 is 0 Å². The van der Waals surface area contributed by atoms with Crippen LogP contribution in [0.1, 0.15) is 23.7 Å². The molecule has 0 spiro atoms. The molecule has 94 valence electrons. The average molecular weight is 245 g/mol. The highest BCUT2D eigenvalue weighted by Gasteiger charge is 2.13. The van der Waals surface area contributed by atoms with Crippen LogP contribution in [0.5, 0.6) is 0 Å². The minimum absolute atomic E-state index is 0.202. The minimum Gasteiger partial charge on any atom is -0.466 e. The molecule has 1 aromatic heterocycles. The number of rotatable bonds is 4. The van der Waals surface area contributed by atoms with Gasteiger partial charge in [-0.2, -0.15) is 0 Å². The Hall–Kier alpha value is -2.10. The van der Waals surface area contributed by atoms with E-state index in [0.717, 1.165) is 10.9 Å². The number of carbonyl (C=O) groups excluding carboxylic acids is 2. The number of hydrogen-bond donors (Lipinski definition) is 0. The van der Waals surface area contributed by atoms with Crippen LogP contribution in [0.25, 0.3) is 10.9 Å². The molecule has 4 nitrogen and oxygen atoms in total.